The number of hydrogen-bond donors (Lipinski definition) is 1. The molecule has 0 amide bonds. The standard InChI is InChI=1S/C11H13O.3CH3.Sn/c1-3-9-11(2,12)10-7-5-4-6-8-10;;;;/h4-8,12H,1,9H2,2H3;3*1H3;. The second-order valence-electron chi connectivity index (χ2n) is 5.67. The second kappa shape index (κ2) is 4.92. The molecule has 1 aromatic rings. The first kappa shape index (κ1) is 13.8. The predicted molar refractivity (Wildman–Crippen MR) is 73.1 cm³/mol. The zero-order chi connectivity index (χ0) is 12.4. The fraction of sp³-hybridized carbons (Fsp3) is 0.429. The van der Waals surface area contributed by atoms with Crippen LogP contribution in [0.25, 0.3) is 0 Å². The number of benzene rings is 1. The van der Waals surface area contributed by atoms with Crippen LogP contribution in [-0.2, 0) is 5.60 Å². The van der Waals surface area contributed by atoms with Gasteiger partial charge >= 0.3 is 103 Å². The Balaban J connectivity index is 2.85. The Morgan fingerprint density at radius 1 is 1.25 bits per heavy atom. The van der Waals surface area contributed by atoms with Gasteiger partial charge in [0.05, 0.1) is 0 Å². The molecular weight excluding hydrogens is 303 g/mol. The molecule has 0 heterocycles. The van der Waals surface area contributed by atoms with Crippen molar-refractivity contribution in [2.24, 2.45) is 0 Å². The van der Waals surface area contributed by atoms with Crippen molar-refractivity contribution >= 4 is 18.4 Å². The van der Waals surface area contributed by atoms with Crippen LogP contribution in [0.5, 0.6) is 0 Å². The quantitative estimate of drug-likeness (QED) is 0.837. The normalized spacial score (nSPS) is 15.6. The van der Waals surface area contributed by atoms with E-state index >= 15 is 0 Å². The van der Waals surface area contributed by atoms with Gasteiger partial charge in [-0.25, -0.2) is 0 Å². The van der Waals surface area contributed by atoms with Gasteiger partial charge in [-0.1, -0.05) is 0 Å². The van der Waals surface area contributed by atoms with Gasteiger partial charge in [0.15, 0.2) is 0 Å². The van der Waals surface area contributed by atoms with E-state index in [9.17, 15) is 5.11 Å². The van der Waals surface area contributed by atoms with Crippen molar-refractivity contribution in [2.45, 2.75) is 33.8 Å². The summed E-state index contributed by atoms with van der Waals surface area (Å²) in [6.45, 7) is 6.05. The van der Waals surface area contributed by atoms with E-state index in [0.717, 1.165) is 5.56 Å². The Bertz CT molecular complexity index is 360. The molecule has 0 aliphatic heterocycles. The second-order valence-corrected chi connectivity index (χ2v) is 20.5. The molecule has 0 aliphatic rings. The molecule has 0 aliphatic carbocycles. The molecule has 16 heavy (non-hydrogen) atoms. The molecule has 1 atom stereocenters. The Morgan fingerprint density at radius 3 is 2.19 bits per heavy atom. The first-order chi connectivity index (χ1) is 7.23. The summed E-state index contributed by atoms with van der Waals surface area (Å²) in [6.07, 6.45) is 0.691. The molecule has 1 unspecified atom stereocenters. The van der Waals surface area contributed by atoms with Crippen LogP contribution < -0.4 is 0 Å². The molecule has 0 aromatic heterocycles. The summed E-state index contributed by atoms with van der Waals surface area (Å²) in [7, 11) is 0. The van der Waals surface area contributed by atoms with E-state index in [-0.39, 0.29) is 0 Å². The van der Waals surface area contributed by atoms with Crippen molar-refractivity contribution < 1.29 is 5.11 Å². The van der Waals surface area contributed by atoms with Crippen LogP contribution in [0.1, 0.15) is 18.9 Å². The van der Waals surface area contributed by atoms with Gasteiger partial charge in [0.2, 0.25) is 0 Å². The van der Waals surface area contributed by atoms with E-state index in [2.05, 4.69) is 21.4 Å². The van der Waals surface area contributed by atoms with Crippen LogP contribution in [0.4, 0.5) is 0 Å². The number of aliphatic hydroxyl groups is 1. The molecule has 0 saturated heterocycles. The molecule has 88 valence electrons. The van der Waals surface area contributed by atoms with Crippen LogP contribution in [0.3, 0.4) is 0 Å². The van der Waals surface area contributed by atoms with Crippen molar-refractivity contribution in [1.82, 2.24) is 0 Å². The first-order valence-corrected chi connectivity index (χ1v) is 15.7. The molecule has 2 heteroatoms. The fourth-order valence-electron chi connectivity index (χ4n) is 1.58. The summed E-state index contributed by atoms with van der Waals surface area (Å²) in [5, 5.41) is 10.5. The van der Waals surface area contributed by atoms with E-state index < -0.39 is 24.0 Å². The maximum atomic E-state index is 10.5. The van der Waals surface area contributed by atoms with Crippen LogP contribution in [-0.4, -0.2) is 23.5 Å². The molecule has 0 bridgehead atoms. The van der Waals surface area contributed by atoms with Gasteiger partial charge < -0.3 is 0 Å². The molecule has 1 rings (SSSR count). The zero-order valence-electron chi connectivity index (χ0n) is 10.7. The van der Waals surface area contributed by atoms with Crippen LogP contribution in [0.15, 0.2) is 40.5 Å². The predicted octanol–water partition coefficient (Wildman–Crippen LogP) is 3.72. The summed E-state index contributed by atoms with van der Waals surface area (Å²) in [5.74, 6) is 0. The summed E-state index contributed by atoms with van der Waals surface area (Å²) in [4.78, 5) is 6.99. The molecule has 0 radical (unpaired) electrons. The van der Waals surface area contributed by atoms with Crippen LogP contribution in [0, 0.1) is 0 Å². The van der Waals surface area contributed by atoms with E-state index in [0.29, 0.717) is 6.42 Å². The molecule has 1 nitrogen and oxygen atoms in total. The van der Waals surface area contributed by atoms with Gasteiger partial charge in [0, 0.05) is 0 Å². The van der Waals surface area contributed by atoms with E-state index in [4.69, 9.17) is 0 Å². The minimum atomic E-state index is -2.07. The van der Waals surface area contributed by atoms with Crippen LogP contribution >= 0.6 is 0 Å². The average molecular weight is 325 g/mol. The Hall–Kier alpha value is -0.281. The van der Waals surface area contributed by atoms with E-state index in [1.54, 1.807) is 0 Å². The van der Waals surface area contributed by atoms with Crippen molar-refractivity contribution in [3.05, 3.63) is 46.1 Å². The van der Waals surface area contributed by atoms with Gasteiger partial charge in [0.25, 0.3) is 0 Å². The third kappa shape index (κ3) is 3.63. The summed E-state index contributed by atoms with van der Waals surface area (Å²) >= 11 is -2.07. The van der Waals surface area contributed by atoms with E-state index in [1.807, 2.05) is 37.3 Å². The molecule has 0 spiro atoms. The van der Waals surface area contributed by atoms with Gasteiger partial charge in [-0.3, -0.25) is 0 Å². The van der Waals surface area contributed by atoms with Gasteiger partial charge in [-0.15, -0.1) is 0 Å². The van der Waals surface area contributed by atoms with Crippen molar-refractivity contribution in [3.8, 4) is 0 Å². The van der Waals surface area contributed by atoms with Crippen molar-refractivity contribution in [3.63, 3.8) is 0 Å². The van der Waals surface area contributed by atoms with Crippen LogP contribution in [0.2, 0.25) is 14.8 Å². The van der Waals surface area contributed by atoms with Gasteiger partial charge in [0.1, 0.15) is 0 Å². The summed E-state index contributed by atoms with van der Waals surface area (Å²) in [5.41, 5.74) is 0.203. The Kier molecular flexibility index (Phi) is 4.24. The van der Waals surface area contributed by atoms with Crippen molar-refractivity contribution in [1.29, 1.82) is 0 Å². The summed E-state index contributed by atoms with van der Waals surface area (Å²) < 4.78 is 1.28. The van der Waals surface area contributed by atoms with Crippen molar-refractivity contribution in [2.75, 3.05) is 0 Å². The SMILES string of the molecule is C=[C](CC(C)(O)c1ccccc1)[Sn]([CH3])([CH3])[CH3]. The third-order valence-electron chi connectivity index (χ3n) is 3.01. The average Bonchev–Trinajstić information content (AvgIpc) is 2.17. The molecule has 0 saturated carbocycles. The topological polar surface area (TPSA) is 20.2 Å². The molecule has 1 aromatic carbocycles. The Labute approximate surface area is 103 Å². The molecular formula is C14H22OSn. The minimum absolute atomic E-state index is 0.691. The maximum absolute atomic E-state index is 10.5. The third-order valence-corrected chi connectivity index (χ3v) is 9.57. The fourth-order valence-corrected chi connectivity index (χ4v) is 4.08. The van der Waals surface area contributed by atoms with Gasteiger partial charge in [-0.05, 0) is 0 Å². The number of rotatable bonds is 4. The summed E-state index contributed by atoms with van der Waals surface area (Å²) in [6, 6.07) is 9.86. The van der Waals surface area contributed by atoms with E-state index in [1.165, 1.54) is 3.59 Å². The molecule has 1 N–H and O–H groups in total. The Morgan fingerprint density at radius 2 is 1.75 bits per heavy atom. The first-order valence-electron chi connectivity index (χ1n) is 5.69. The number of hydrogen-bond acceptors (Lipinski definition) is 1. The van der Waals surface area contributed by atoms with Gasteiger partial charge in [-0.2, -0.15) is 0 Å². The zero-order valence-corrected chi connectivity index (χ0v) is 13.6. The molecule has 0 fully saturated rings. The monoisotopic (exact) mass is 326 g/mol.